The molecule has 7 heteroatoms. The van der Waals surface area contributed by atoms with E-state index < -0.39 is 0 Å². The van der Waals surface area contributed by atoms with E-state index in [1.165, 1.54) is 5.01 Å². The third-order valence-electron chi connectivity index (χ3n) is 8.03. The summed E-state index contributed by atoms with van der Waals surface area (Å²) in [5, 5.41) is 4.15. The standard InChI is InChI=1S/C25H30IN3O2S/c1-16(2)25-12-10-24(3,11-13-25)19-20(25)22(31)29(21(19)30)28-14-4-5-15-32-23(28)27-18-8-6-17(26)7-9-18/h6-10,12,16,19-20H,4-5,11,13-15H2,1-3H3/t19?,20?,24-,25+/m0/s1. The molecule has 2 heterocycles. The first-order chi connectivity index (χ1) is 15.3. The fourth-order valence-electron chi connectivity index (χ4n) is 6.05. The van der Waals surface area contributed by atoms with Crippen LogP contribution in [0.3, 0.4) is 0 Å². The Labute approximate surface area is 208 Å². The second-order valence-electron chi connectivity index (χ2n) is 10.1. The van der Waals surface area contributed by atoms with Crippen LogP contribution >= 0.6 is 34.4 Å². The summed E-state index contributed by atoms with van der Waals surface area (Å²) in [5.74, 6) is 0.649. The monoisotopic (exact) mass is 563 g/mol. The first-order valence-electron chi connectivity index (χ1n) is 11.6. The SMILES string of the molecule is CC(C)[C@@]12C=C[C@@](C)(CC1)C1C(=O)N(N3CCCCSC3=Nc3ccc(I)cc3)C(=O)C12. The van der Waals surface area contributed by atoms with E-state index in [1.54, 1.807) is 11.8 Å². The molecule has 0 radical (unpaired) electrons. The lowest BCUT2D eigenvalue weighted by Crippen LogP contribution is -2.53. The van der Waals surface area contributed by atoms with Crippen molar-refractivity contribution >= 4 is 57.0 Å². The largest absolute Gasteiger partial charge is 0.272 e. The van der Waals surface area contributed by atoms with Crippen molar-refractivity contribution in [3.8, 4) is 0 Å². The minimum Gasteiger partial charge on any atom is -0.272 e. The van der Waals surface area contributed by atoms with E-state index in [9.17, 15) is 9.59 Å². The van der Waals surface area contributed by atoms with Crippen LogP contribution in [0.1, 0.15) is 46.5 Å². The molecule has 2 unspecified atom stereocenters. The van der Waals surface area contributed by atoms with Crippen LogP contribution in [0.25, 0.3) is 0 Å². The van der Waals surface area contributed by atoms with Crippen LogP contribution in [-0.2, 0) is 9.59 Å². The number of amides is 2. The van der Waals surface area contributed by atoms with Gasteiger partial charge in [0.05, 0.1) is 17.5 Å². The molecule has 2 aliphatic heterocycles. The van der Waals surface area contributed by atoms with E-state index in [-0.39, 0.29) is 34.5 Å². The van der Waals surface area contributed by atoms with Crippen molar-refractivity contribution in [1.82, 2.24) is 10.0 Å². The number of allylic oxidation sites excluding steroid dienone is 2. The fraction of sp³-hybridized carbons (Fsp3) is 0.560. The van der Waals surface area contributed by atoms with Crippen molar-refractivity contribution in [2.45, 2.75) is 46.5 Å². The molecule has 4 atom stereocenters. The lowest BCUT2D eigenvalue weighted by atomic mass is 9.46. The lowest BCUT2D eigenvalue weighted by Gasteiger charge is -2.55. The highest BCUT2D eigenvalue weighted by Crippen LogP contribution is 2.64. The van der Waals surface area contributed by atoms with Crippen LogP contribution in [0.5, 0.6) is 0 Å². The van der Waals surface area contributed by atoms with E-state index in [0.717, 1.165) is 45.9 Å². The Kier molecular flexibility index (Phi) is 5.72. The molecule has 5 aliphatic rings. The molecule has 2 amide bonds. The molecule has 3 aliphatic carbocycles. The van der Waals surface area contributed by atoms with Gasteiger partial charge in [0, 0.05) is 21.3 Å². The number of imide groups is 1. The zero-order valence-electron chi connectivity index (χ0n) is 18.9. The van der Waals surface area contributed by atoms with Crippen molar-refractivity contribution in [3.63, 3.8) is 0 Å². The summed E-state index contributed by atoms with van der Waals surface area (Å²) in [4.78, 5) is 32.8. The summed E-state index contributed by atoms with van der Waals surface area (Å²) in [6, 6.07) is 8.04. The number of rotatable bonds is 3. The van der Waals surface area contributed by atoms with Crippen LogP contribution in [0, 0.1) is 32.2 Å². The Balaban J connectivity index is 1.56. The molecular formula is C25H30IN3O2S. The minimum atomic E-state index is -0.274. The third-order valence-corrected chi connectivity index (χ3v) is 9.80. The molecule has 0 spiro atoms. The molecular weight excluding hydrogens is 533 g/mol. The first kappa shape index (κ1) is 22.4. The molecule has 6 rings (SSSR count). The van der Waals surface area contributed by atoms with Crippen molar-refractivity contribution in [1.29, 1.82) is 0 Å². The van der Waals surface area contributed by atoms with Crippen LogP contribution in [0.15, 0.2) is 41.4 Å². The van der Waals surface area contributed by atoms with Crippen LogP contribution in [-0.4, -0.2) is 39.3 Å². The van der Waals surface area contributed by atoms with Gasteiger partial charge in [-0.05, 0) is 83.9 Å². The summed E-state index contributed by atoms with van der Waals surface area (Å²) in [5.41, 5.74) is 0.384. The number of amidine groups is 1. The number of thioether (sulfide) groups is 1. The topological polar surface area (TPSA) is 53.0 Å². The van der Waals surface area contributed by atoms with Crippen molar-refractivity contribution in [2.24, 2.45) is 33.6 Å². The van der Waals surface area contributed by atoms with Gasteiger partial charge >= 0.3 is 0 Å². The van der Waals surface area contributed by atoms with Crippen LogP contribution in [0.2, 0.25) is 0 Å². The Bertz CT molecular complexity index is 1010. The van der Waals surface area contributed by atoms with E-state index in [0.29, 0.717) is 12.5 Å². The summed E-state index contributed by atoms with van der Waals surface area (Å²) in [6.07, 6.45) is 8.44. The number of carbonyl (C=O) groups excluding carboxylic acids is 2. The van der Waals surface area contributed by atoms with Crippen LogP contribution < -0.4 is 0 Å². The number of fused-ring (bicyclic) bond motifs is 1. The number of hydrogen-bond acceptors (Lipinski definition) is 4. The molecule has 0 N–H and O–H groups in total. The number of benzene rings is 1. The molecule has 3 fully saturated rings. The molecule has 1 aromatic carbocycles. The maximum absolute atomic E-state index is 14.0. The summed E-state index contributed by atoms with van der Waals surface area (Å²) >= 11 is 3.93. The first-order valence-corrected chi connectivity index (χ1v) is 13.7. The van der Waals surface area contributed by atoms with Crippen molar-refractivity contribution in [2.75, 3.05) is 12.3 Å². The van der Waals surface area contributed by atoms with Gasteiger partial charge in [-0.2, -0.15) is 5.01 Å². The van der Waals surface area contributed by atoms with Gasteiger partial charge in [0.25, 0.3) is 11.8 Å². The number of nitrogens with zero attached hydrogens (tertiary/aromatic N) is 3. The Morgan fingerprint density at radius 2 is 1.78 bits per heavy atom. The van der Waals surface area contributed by atoms with Gasteiger partial charge in [0.2, 0.25) is 0 Å². The van der Waals surface area contributed by atoms with Gasteiger partial charge in [0.15, 0.2) is 5.17 Å². The molecule has 1 saturated carbocycles. The smallest absolute Gasteiger partial charge is 0.253 e. The number of aliphatic imine (C=N–C) groups is 1. The highest BCUT2D eigenvalue weighted by atomic mass is 127. The lowest BCUT2D eigenvalue weighted by molar-refractivity contribution is -0.153. The third kappa shape index (κ3) is 3.37. The Morgan fingerprint density at radius 3 is 2.44 bits per heavy atom. The molecule has 2 saturated heterocycles. The summed E-state index contributed by atoms with van der Waals surface area (Å²) < 4.78 is 1.15. The Morgan fingerprint density at radius 1 is 1.06 bits per heavy atom. The van der Waals surface area contributed by atoms with Gasteiger partial charge in [-0.3, -0.25) is 14.6 Å². The average molecular weight is 564 g/mol. The normalized spacial score (nSPS) is 35.7. The quantitative estimate of drug-likeness (QED) is 0.272. The van der Waals surface area contributed by atoms with Gasteiger partial charge in [-0.25, -0.2) is 4.99 Å². The Hall–Kier alpha value is -1.35. The van der Waals surface area contributed by atoms with Crippen LogP contribution in [0.4, 0.5) is 5.69 Å². The number of carbonyl (C=O) groups is 2. The number of halogens is 1. The predicted molar refractivity (Wildman–Crippen MR) is 137 cm³/mol. The summed E-state index contributed by atoms with van der Waals surface area (Å²) in [7, 11) is 0. The molecule has 170 valence electrons. The average Bonchev–Trinajstić information content (AvgIpc) is 2.91. The molecule has 2 bridgehead atoms. The number of hydrogen-bond donors (Lipinski definition) is 0. The second kappa shape index (κ2) is 8.15. The van der Waals surface area contributed by atoms with Crippen molar-refractivity contribution in [3.05, 3.63) is 40.0 Å². The molecule has 0 aromatic heterocycles. The van der Waals surface area contributed by atoms with Crippen molar-refractivity contribution < 1.29 is 9.59 Å². The summed E-state index contributed by atoms with van der Waals surface area (Å²) in [6.45, 7) is 7.20. The minimum absolute atomic E-state index is 0.0261. The van der Waals surface area contributed by atoms with Gasteiger partial charge in [-0.15, -0.1) is 0 Å². The molecule has 1 aromatic rings. The maximum atomic E-state index is 14.0. The van der Waals surface area contributed by atoms with E-state index in [4.69, 9.17) is 4.99 Å². The zero-order chi connectivity index (χ0) is 22.7. The molecule has 5 nitrogen and oxygen atoms in total. The maximum Gasteiger partial charge on any atom is 0.253 e. The van der Waals surface area contributed by atoms with Gasteiger partial charge < -0.3 is 0 Å². The number of hydrazine groups is 1. The van der Waals surface area contributed by atoms with Gasteiger partial charge in [0.1, 0.15) is 0 Å². The van der Waals surface area contributed by atoms with E-state index >= 15 is 0 Å². The zero-order valence-corrected chi connectivity index (χ0v) is 21.9. The van der Waals surface area contributed by atoms with Gasteiger partial charge in [-0.1, -0.05) is 44.7 Å². The van der Waals surface area contributed by atoms with E-state index in [1.807, 2.05) is 29.3 Å². The van der Waals surface area contributed by atoms with E-state index in [2.05, 4.69) is 55.5 Å². The molecule has 32 heavy (non-hydrogen) atoms. The fourth-order valence-corrected chi connectivity index (χ4v) is 7.44. The second-order valence-corrected chi connectivity index (χ2v) is 12.4. The highest BCUT2D eigenvalue weighted by Gasteiger charge is 2.68. The predicted octanol–water partition coefficient (Wildman–Crippen LogP) is 5.64. The highest BCUT2D eigenvalue weighted by molar-refractivity contribution is 14.1.